The van der Waals surface area contributed by atoms with Crippen molar-refractivity contribution in [2.45, 2.75) is 13.0 Å². The number of rotatable bonds is 3. The topological polar surface area (TPSA) is 38.3 Å². The number of fused-ring (bicyclic) bond motifs is 1. The van der Waals surface area contributed by atoms with Gasteiger partial charge in [-0.2, -0.15) is 0 Å². The van der Waals surface area contributed by atoms with E-state index in [9.17, 15) is 0 Å². The van der Waals surface area contributed by atoms with E-state index >= 15 is 0 Å². The van der Waals surface area contributed by atoms with E-state index in [2.05, 4.69) is 5.32 Å². The number of aryl methyl sites for hydroxylation is 1. The number of hydrogen-bond donors (Lipinski definition) is 1. The molecule has 0 aliphatic carbocycles. The molecule has 0 fully saturated rings. The number of furan rings is 2. The fraction of sp³-hybridized carbons (Fsp3) is 0.200. The molecule has 1 aromatic carbocycles. The molecule has 0 radical (unpaired) electrons. The van der Waals surface area contributed by atoms with Gasteiger partial charge < -0.3 is 14.2 Å². The lowest BCUT2D eigenvalue weighted by atomic mass is 10.1. The van der Waals surface area contributed by atoms with E-state index in [0.29, 0.717) is 5.22 Å². The Morgan fingerprint density at radius 3 is 2.74 bits per heavy atom. The Morgan fingerprint density at radius 1 is 1.26 bits per heavy atom. The third kappa shape index (κ3) is 2.05. The van der Waals surface area contributed by atoms with E-state index in [-0.39, 0.29) is 6.04 Å². The summed E-state index contributed by atoms with van der Waals surface area (Å²) in [6, 6.07) is 9.87. The molecule has 2 aromatic heterocycles. The second kappa shape index (κ2) is 4.76. The van der Waals surface area contributed by atoms with Crippen molar-refractivity contribution in [2.24, 2.45) is 0 Å². The Balaban J connectivity index is 2.12. The van der Waals surface area contributed by atoms with Gasteiger partial charge in [0.25, 0.3) is 0 Å². The van der Waals surface area contributed by atoms with Gasteiger partial charge in [-0.3, -0.25) is 0 Å². The molecule has 1 N–H and O–H groups in total. The van der Waals surface area contributed by atoms with E-state index in [4.69, 9.17) is 20.4 Å². The van der Waals surface area contributed by atoms with Gasteiger partial charge in [0.2, 0.25) is 0 Å². The van der Waals surface area contributed by atoms with Gasteiger partial charge in [-0.1, -0.05) is 18.2 Å². The van der Waals surface area contributed by atoms with E-state index in [1.807, 2.05) is 44.3 Å². The summed E-state index contributed by atoms with van der Waals surface area (Å²) in [5.41, 5.74) is 2.91. The predicted molar refractivity (Wildman–Crippen MR) is 75.6 cm³/mol. The van der Waals surface area contributed by atoms with Crippen molar-refractivity contribution in [2.75, 3.05) is 7.05 Å². The third-order valence-corrected chi connectivity index (χ3v) is 3.60. The van der Waals surface area contributed by atoms with Gasteiger partial charge in [0, 0.05) is 10.9 Å². The van der Waals surface area contributed by atoms with Gasteiger partial charge in [-0.05, 0) is 43.3 Å². The van der Waals surface area contributed by atoms with Crippen LogP contribution in [0.3, 0.4) is 0 Å². The van der Waals surface area contributed by atoms with Gasteiger partial charge in [-0.25, -0.2) is 0 Å². The molecule has 19 heavy (non-hydrogen) atoms. The SMILES string of the molecule is CNC(c1cc2cccc(C)c2o1)c1ccoc1Cl. The number of nitrogens with one attached hydrogen (secondary N) is 1. The van der Waals surface area contributed by atoms with Crippen LogP contribution < -0.4 is 5.32 Å². The van der Waals surface area contributed by atoms with Gasteiger partial charge in [-0.15, -0.1) is 0 Å². The van der Waals surface area contributed by atoms with Crippen molar-refractivity contribution in [3.05, 3.63) is 58.7 Å². The summed E-state index contributed by atoms with van der Waals surface area (Å²) in [6.07, 6.45) is 1.58. The zero-order chi connectivity index (χ0) is 13.4. The van der Waals surface area contributed by atoms with Crippen molar-refractivity contribution in [3.63, 3.8) is 0 Å². The zero-order valence-electron chi connectivity index (χ0n) is 10.7. The smallest absolute Gasteiger partial charge is 0.198 e. The molecule has 4 heteroatoms. The Morgan fingerprint density at radius 2 is 2.11 bits per heavy atom. The van der Waals surface area contributed by atoms with Crippen LogP contribution in [0.4, 0.5) is 0 Å². The van der Waals surface area contributed by atoms with Gasteiger partial charge in [0.05, 0.1) is 12.3 Å². The quantitative estimate of drug-likeness (QED) is 0.775. The minimum atomic E-state index is -0.113. The van der Waals surface area contributed by atoms with Crippen LogP contribution in [0, 0.1) is 6.92 Å². The maximum atomic E-state index is 6.04. The highest BCUT2D eigenvalue weighted by Crippen LogP contribution is 2.33. The number of para-hydroxylation sites is 1. The van der Waals surface area contributed by atoms with Crippen molar-refractivity contribution in [1.29, 1.82) is 0 Å². The van der Waals surface area contributed by atoms with E-state index in [1.54, 1.807) is 6.26 Å². The molecule has 3 aromatic rings. The highest BCUT2D eigenvalue weighted by Gasteiger charge is 2.21. The first-order valence-corrected chi connectivity index (χ1v) is 6.47. The van der Waals surface area contributed by atoms with Crippen LogP contribution in [0.2, 0.25) is 5.22 Å². The van der Waals surface area contributed by atoms with Crippen LogP contribution >= 0.6 is 11.6 Å². The molecule has 3 rings (SSSR count). The minimum absolute atomic E-state index is 0.113. The van der Waals surface area contributed by atoms with Crippen molar-refractivity contribution in [1.82, 2.24) is 5.32 Å². The maximum Gasteiger partial charge on any atom is 0.198 e. The fourth-order valence-electron chi connectivity index (χ4n) is 2.33. The van der Waals surface area contributed by atoms with Crippen LogP contribution in [0.25, 0.3) is 11.0 Å². The van der Waals surface area contributed by atoms with E-state index < -0.39 is 0 Å². The highest BCUT2D eigenvalue weighted by molar-refractivity contribution is 6.29. The van der Waals surface area contributed by atoms with Gasteiger partial charge >= 0.3 is 0 Å². The maximum absolute atomic E-state index is 6.04. The van der Waals surface area contributed by atoms with Crippen LogP contribution in [0.1, 0.15) is 22.9 Å². The molecular formula is C15H14ClNO2. The molecule has 2 heterocycles. The predicted octanol–water partition coefficient (Wildman–Crippen LogP) is 4.30. The monoisotopic (exact) mass is 275 g/mol. The molecule has 1 unspecified atom stereocenters. The molecule has 0 bridgehead atoms. The zero-order valence-corrected chi connectivity index (χ0v) is 11.5. The third-order valence-electron chi connectivity index (χ3n) is 3.29. The largest absolute Gasteiger partial charge is 0.459 e. The van der Waals surface area contributed by atoms with Crippen LogP contribution in [0.5, 0.6) is 0 Å². The van der Waals surface area contributed by atoms with Crippen LogP contribution in [-0.4, -0.2) is 7.05 Å². The summed E-state index contributed by atoms with van der Waals surface area (Å²) >= 11 is 6.04. The summed E-state index contributed by atoms with van der Waals surface area (Å²) in [6.45, 7) is 2.04. The van der Waals surface area contributed by atoms with Crippen molar-refractivity contribution >= 4 is 22.6 Å². The average molecular weight is 276 g/mol. The molecule has 1 atom stereocenters. The van der Waals surface area contributed by atoms with E-state index in [0.717, 1.165) is 27.9 Å². The Hall–Kier alpha value is -1.71. The molecule has 98 valence electrons. The Labute approximate surface area is 116 Å². The van der Waals surface area contributed by atoms with Crippen LogP contribution in [0.15, 0.2) is 45.4 Å². The summed E-state index contributed by atoms with van der Waals surface area (Å²) in [4.78, 5) is 0. The molecule has 0 aliphatic rings. The van der Waals surface area contributed by atoms with E-state index in [1.165, 1.54) is 0 Å². The average Bonchev–Trinajstić information content (AvgIpc) is 2.99. The standard InChI is InChI=1S/C15H14ClNO2/c1-9-4-3-5-10-8-12(19-14(9)10)13(17-2)11-6-7-18-15(11)16/h3-8,13,17H,1-2H3. The summed E-state index contributed by atoms with van der Waals surface area (Å²) in [5, 5.41) is 4.68. The second-order valence-electron chi connectivity index (χ2n) is 4.51. The highest BCUT2D eigenvalue weighted by atomic mass is 35.5. The summed E-state index contributed by atoms with van der Waals surface area (Å²) < 4.78 is 11.1. The molecule has 0 spiro atoms. The van der Waals surface area contributed by atoms with Gasteiger partial charge in [0.1, 0.15) is 11.3 Å². The summed E-state index contributed by atoms with van der Waals surface area (Å²) in [7, 11) is 1.87. The minimum Gasteiger partial charge on any atom is -0.459 e. The normalized spacial score (nSPS) is 13.0. The van der Waals surface area contributed by atoms with Crippen molar-refractivity contribution < 1.29 is 8.83 Å². The molecular weight excluding hydrogens is 262 g/mol. The number of halogens is 1. The van der Waals surface area contributed by atoms with Crippen molar-refractivity contribution in [3.8, 4) is 0 Å². The molecule has 0 aliphatic heterocycles. The summed E-state index contributed by atoms with van der Waals surface area (Å²) in [5.74, 6) is 0.829. The lowest BCUT2D eigenvalue weighted by molar-refractivity contribution is 0.485. The fourth-order valence-corrected chi connectivity index (χ4v) is 2.56. The molecule has 0 saturated heterocycles. The number of benzene rings is 1. The first-order valence-electron chi connectivity index (χ1n) is 6.10. The molecule has 0 saturated carbocycles. The molecule has 3 nitrogen and oxygen atoms in total. The van der Waals surface area contributed by atoms with Gasteiger partial charge in [0.15, 0.2) is 5.22 Å². The lowest BCUT2D eigenvalue weighted by Crippen LogP contribution is -2.16. The number of hydrogen-bond acceptors (Lipinski definition) is 3. The Kier molecular flexibility index (Phi) is 3.09. The molecule has 0 amide bonds. The Bertz CT molecular complexity index is 714. The second-order valence-corrected chi connectivity index (χ2v) is 4.86. The van der Waals surface area contributed by atoms with Crippen LogP contribution in [-0.2, 0) is 0 Å². The first kappa shape index (κ1) is 12.3. The lowest BCUT2D eigenvalue weighted by Gasteiger charge is -2.11. The first-order chi connectivity index (χ1) is 9.20.